The Hall–Kier alpha value is -7.20. The SMILES string of the molecule is c1ccc(N(c2ccc(-c3ccc4c(ccc5ccccc54)c3)cc2)c2cccc3oc4c5ccccc5ccc4c23)c(-c2cccc3c2sc2ccccc23)c1. The molecule has 12 rings (SSSR count). The highest BCUT2D eigenvalue weighted by Gasteiger charge is 2.23. The predicted molar refractivity (Wildman–Crippen MR) is 245 cm³/mol. The van der Waals surface area contributed by atoms with E-state index < -0.39 is 0 Å². The lowest BCUT2D eigenvalue weighted by atomic mass is 9.97. The summed E-state index contributed by atoms with van der Waals surface area (Å²) in [6, 6.07) is 72.7. The minimum Gasteiger partial charge on any atom is -0.455 e. The third kappa shape index (κ3) is 5.03. The van der Waals surface area contributed by atoms with Crippen LogP contribution in [0.5, 0.6) is 0 Å². The van der Waals surface area contributed by atoms with E-state index in [1.807, 2.05) is 11.3 Å². The number of thiophene rings is 1. The van der Waals surface area contributed by atoms with Crippen LogP contribution in [-0.4, -0.2) is 0 Å². The van der Waals surface area contributed by atoms with Gasteiger partial charge in [0.25, 0.3) is 0 Å². The summed E-state index contributed by atoms with van der Waals surface area (Å²) in [5.74, 6) is 0. The maximum Gasteiger partial charge on any atom is 0.143 e. The predicted octanol–water partition coefficient (Wildman–Crippen LogP) is 16.2. The summed E-state index contributed by atoms with van der Waals surface area (Å²) in [6.45, 7) is 0. The van der Waals surface area contributed by atoms with E-state index in [4.69, 9.17) is 4.42 Å². The van der Waals surface area contributed by atoms with Crippen LogP contribution < -0.4 is 4.90 Å². The number of furan rings is 1. The molecule has 10 aromatic carbocycles. The number of hydrogen-bond donors (Lipinski definition) is 0. The number of anilines is 3. The molecule has 12 aromatic rings. The second-order valence-electron chi connectivity index (χ2n) is 14.8. The quantitative estimate of drug-likeness (QED) is 0.163. The average Bonchev–Trinajstić information content (AvgIpc) is 3.86. The minimum atomic E-state index is 0.869. The second-order valence-corrected chi connectivity index (χ2v) is 15.9. The van der Waals surface area contributed by atoms with Crippen molar-refractivity contribution >= 4 is 103 Å². The first-order valence-corrected chi connectivity index (χ1v) is 20.2. The van der Waals surface area contributed by atoms with Crippen LogP contribution in [0.1, 0.15) is 0 Å². The molecule has 2 aromatic heterocycles. The monoisotopic (exact) mass is 743 g/mol. The molecule has 0 spiro atoms. The normalized spacial score (nSPS) is 11.9. The van der Waals surface area contributed by atoms with Gasteiger partial charge >= 0.3 is 0 Å². The number of rotatable bonds is 5. The molecule has 3 heteroatoms. The Balaban J connectivity index is 1.08. The molecular formula is C54H33NOS. The molecular weight excluding hydrogens is 711 g/mol. The van der Waals surface area contributed by atoms with Crippen molar-refractivity contribution in [3.8, 4) is 22.3 Å². The highest BCUT2D eigenvalue weighted by atomic mass is 32.1. The zero-order chi connectivity index (χ0) is 37.5. The highest BCUT2D eigenvalue weighted by molar-refractivity contribution is 7.26. The van der Waals surface area contributed by atoms with Crippen LogP contribution in [0.15, 0.2) is 205 Å². The molecule has 0 bridgehead atoms. The van der Waals surface area contributed by atoms with Gasteiger partial charge in [0.15, 0.2) is 0 Å². The zero-order valence-corrected chi connectivity index (χ0v) is 31.6. The zero-order valence-electron chi connectivity index (χ0n) is 30.8. The molecule has 0 aliphatic heterocycles. The average molecular weight is 744 g/mol. The standard InChI is InChI=1S/C54H33NOS/c1-3-13-40-35(11-1)23-24-38-33-37(28-31-41(38)40)34-25-29-39(30-26-34)55(49-20-10-21-50-52(49)47-32-27-36-12-2-4-14-42(36)53(47)56-50)48-19-7-5-15-43(48)45-17-9-18-46-44-16-6-8-22-51(44)57-54(45)46/h1-33H. The molecule has 0 atom stereocenters. The van der Waals surface area contributed by atoms with Crippen LogP contribution in [0.3, 0.4) is 0 Å². The molecule has 266 valence electrons. The van der Waals surface area contributed by atoms with Crippen molar-refractivity contribution in [3.05, 3.63) is 200 Å². The highest BCUT2D eigenvalue weighted by Crippen LogP contribution is 2.49. The lowest BCUT2D eigenvalue weighted by Crippen LogP contribution is -2.11. The van der Waals surface area contributed by atoms with Gasteiger partial charge in [-0.1, -0.05) is 152 Å². The number of benzene rings is 10. The summed E-state index contributed by atoms with van der Waals surface area (Å²) in [5.41, 5.74) is 9.81. The fourth-order valence-corrected chi connectivity index (χ4v) is 10.2. The lowest BCUT2D eigenvalue weighted by Gasteiger charge is -2.29. The Labute approximate surface area is 333 Å². The van der Waals surface area contributed by atoms with Crippen LogP contribution in [0.25, 0.3) is 96.7 Å². The van der Waals surface area contributed by atoms with E-state index in [1.54, 1.807) is 0 Å². The van der Waals surface area contributed by atoms with Crippen molar-refractivity contribution < 1.29 is 4.42 Å². The smallest absolute Gasteiger partial charge is 0.143 e. The maximum atomic E-state index is 6.75. The topological polar surface area (TPSA) is 16.4 Å². The van der Waals surface area contributed by atoms with Crippen molar-refractivity contribution in [1.29, 1.82) is 0 Å². The summed E-state index contributed by atoms with van der Waals surface area (Å²) in [6.07, 6.45) is 0. The fourth-order valence-electron chi connectivity index (χ4n) is 8.98. The Bertz CT molecular complexity index is 3540. The van der Waals surface area contributed by atoms with Crippen LogP contribution in [0, 0.1) is 0 Å². The summed E-state index contributed by atoms with van der Waals surface area (Å²) in [7, 11) is 0. The van der Waals surface area contributed by atoms with Crippen LogP contribution >= 0.6 is 11.3 Å². The molecule has 2 heterocycles. The number of fused-ring (bicyclic) bond motifs is 11. The van der Waals surface area contributed by atoms with Crippen molar-refractivity contribution in [3.63, 3.8) is 0 Å². The third-order valence-electron chi connectivity index (χ3n) is 11.6. The summed E-state index contributed by atoms with van der Waals surface area (Å²) in [4.78, 5) is 2.43. The molecule has 0 radical (unpaired) electrons. The van der Waals surface area contributed by atoms with E-state index in [2.05, 4.69) is 205 Å². The van der Waals surface area contributed by atoms with Gasteiger partial charge in [0.05, 0.1) is 16.8 Å². The van der Waals surface area contributed by atoms with Gasteiger partial charge in [-0.15, -0.1) is 11.3 Å². The second kappa shape index (κ2) is 12.7. The van der Waals surface area contributed by atoms with E-state index in [9.17, 15) is 0 Å². The number of hydrogen-bond acceptors (Lipinski definition) is 3. The molecule has 0 fully saturated rings. The van der Waals surface area contributed by atoms with Crippen LogP contribution in [-0.2, 0) is 0 Å². The molecule has 0 saturated carbocycles. The fraction of sp³-hybridized carbons (Fsp3) is 0. The molecule has 0 unspecified atom stereocenters. The van der Waals surface area contributed by atoms with Crippen molar-refractivity contribution in [2.75, 3.05) is 4.90 Å². The van der Waals surface area contributed by atoms with Crippen molar-refractivity contribution in [2.24, 2.45) is 0 Å². The lowest BCUT2D eigenvalue weighted by molar-refractivity contribution is 0.672. The Kier molecular flexibility index (Phi) is 7.13. The van der Waals surface area contributed by atoms with Gasteiger partial charge in [-0.05, 0) is 86.6 Å². The number of nitrogens with zero attached hydrogens (tertiary/aromatic N) is 1. The molecule has 0 N–H and O–H groups in total. The molecule has 2 nitrogen and oxygen atoms in total. The molecule has 57 heavy (non-hydrogen) atoms. The van der Waals surface area contributed by atoms with Crippen LogP contribution in [0.2, 0.25) is 0 Å². The van der Waals surface area contributed by atoms with Gasteiger partial charge in [-0.3, -0.25) is 0 Å². The van der Waals surface area contributed by atoms with Gasteiger partial charge in [0, 0.05) is 47.8 Å². The van der Waals surface area contributed by atoms with Gasteiger partial charge in [0.1, 0.15) is 11.2 Å². The van der Waals surface area contributed by atoms with Crippen molar-refractivity contribution in [2.45, 2.75) is 0 Å². The molecule has 0 aliphatic rings. The van der Waals surface area contributed by atoms with Gasteiger partial charge in [-0.25, -0.2) is 0 Å². The van der Waals surface area contributed by atoms with Crippen LogP contribution in [0.4, 0.5) is 17.1 Å². The summed E-state index contributed by atoms with van der Waals surface area (Å²) < 4.78 is 9.34. The Morgan fingerprint density at radius 1 is 0.386 bits per heavy atom. The van der Waals surface area contributed by atoms with E-state index in [1.165, 1.54) is 69.4 Å². The molecule has 0 amide bonds. The van der Waals surface area contributed by atoms with Gasteiger partial charge in [-0.2, -0.15) is 0 Å². The van der Waals surface area contributed by atoms with E-state index in [0.717, 1.165) is 44.4 Å². The minimum absolute atomic E-state index is 0.869. The van der Waals surface area contributed by atoms with Crippen molar-refractivity contribution in [1.82, 2.24) is 0 Å². The largest absolute Gasteiger partial charge is 0.455 e. The van der Waals surface area contributed by atoms with E-state index in [0.29, 0.717) is 0 Å². The Morgan fingerprint density at radius 3 is 1.89 bits per heavy atom. The molecule has 0 saturated heterocycles. The Morgan fingerprint density at radius 2 is 1.00 bits per heavy atom. The first-order chi connectivity index (χ1) is 28.3. The first-order valence-electron chi connectivity index (χ1n) is 19.4. The van der Waals surface area contributed by atoms with E-state index >= 15 is 0 Å². The third-order valence-corrected chi connectivity index (χ3v) is 12.9. The van der Waals surface area contributed by atoms with Gasteiger partial charge in [0.2, 0.25) is 0 Å². The van der Waals surface area contributed by atoms with E-state index in [-0.39, 0.29) is 0 Å². The van der Waals surface area contributed by atoms with Gasteiger partial charge < -0.3 is 9.32 Å². The number of para-hydroxylation sites is 1. The summed E-state index contributed by atoms with van der Waals surface area (Å²) in [5, 5.41) is 12.1. The first kappa shape index (κ1) is 32.1. The summed E-state index contributed by atoms with van der Waals surface area (Å²) >= 11 is 1.87. The molecule has 0 aliphatic carbocycles. The maximum absolute atomic E-state index is 6.75.